The van der Waals surface area contributed by atoms with Crippen molar-refractivity contribution in [3.63, 3.8) is 0 Å². The number of carbonyl (C=O) groups is 3. The number of nitrogens with zero attached hydrogens (tertiary/aromatic N) is 4. The van der Waals surface area contributed by atoms with Crippen LogP contribution in [0.3, 0.4) is 0 Å². The van der Waals surface area contributed by atoms with Gasteiger partial charge < -0.3 is 25.4 Å². The average molecular weight is 844 g/mol. The molecule has 0 unspecified atom stereocenters. The van der Waals surface area contributed by atoms with Crippen molar-refractivity contribution in [2.45, 2.75) is 97.4 Å². The molecule has 2 heterocycles. The van der Waals surface area contributed by atoms with E-state index in [2.05, 4.69) is 27.8 Å². The number of rotatable bonds is 12. The Labute approximate surface area is 331 Å². The van der Waals surface area contributed by atoms with Crippen molar-refractivity contribution in [3.05, 3.63) is 103 Å². The molecule has 2 aliphatic rings. The molecule has 1 fully saturated rings. The second kappa shape index (κ2) is 17.0. The summed E-state index contributed by atoms with van der Waals surface area (Å²) in [6.07, 6.45) is -3.26. The van der Waals surface area contributed by atoms with Gasteiger partial charge in [0.15, 0.2) is 0 Å². The molecule has 0 saturated heterocycles. The predicted octanol–water partition coefficient (Wildman–Crippen LogP) is 7.42. The SMILES string of the molecule is C=C[C@H](C)Nc1nc2c(c(=O)n1-c1ccc(C(=O)N(C)C(=O)O[C@@H](CC)OC(=O)[C@@H](N)C(C)C)cc1)C[C@@H](C)N(C(=C1CC1)c1ccc(Br)c(C(F)(F)F)c1)C2. The van der Waals surface area contributed by atoms with Crippen LogP contribution in [0.1, 0.15) is 86.6 Å². The zero-order valence-corrected chi connectivity index (χ0v) is 33.7. The third-order valence-corrected chi connectivity index (χ3v) is 10.4. The van der Waals surface area contributed by atoms with E-state index in [1.165, 1.54) is 29.8 Å². The van der Waals surface area contributed by atoms with Crippen LogP contribution in [0.2, 0.25) is 0 Å². The van der Waals surface area contributed by atoms with E-state index in [-0.39, 0.29) is 58.9 Å². The number of aromatic nitrogens is 2. The number of hydrogen-bond donors (Lipinski definition) is 2. The van der Waals surface area contributed by atoms with E-state index in [0.717, 1.165) is 35.1 Å². The van der Waals surface area contributed by atoms with Gasteiger partial charge in [0.2, 0.25) is 12.2 Å². The number of alkyl halides is 3. The van der Waals surface area contributed by atoms with E-state index in [9.17, 15) is 32.3 Å². The fourth-order valence-electron chi connectivity index (χ4n) is 6.21. The number of allylic oxidation sites excluding steroid dienone is 1. The number of esters is 1. The molecule has 0 bridgehead atoms. The number of nitrogens with two attached hydrogens (primary N) is 1. The number of anilines is 1. The molecular formula is C40H46BrF3N6O6. The fourth-order valence-corrected chi connectivity index (χ4v) is 6.68. The summed E-state index contributed by atoms with van der Waals surface area (Å²) < 4.78 is 53.6. The zero-order valence-electron chi connectivity index (χ0n) is 32.1. The largest absolute Gasteiger partial charge is 0.424 e. The minimum absolute atomic E-state index is 0.0417. The van der Waals surface area contributed by atoms with Gasteiger partial charge in [0.1, 0.15) is 6.04 Å². The molecule has 12 nitrogen and oxygen atoms in total. The number of fused-ring (bicyclic) bond motifs is 1. The van der Waals surface area contributed by atoms with Crippen LogP contribution < -0.4 is 16.6 Å². The quantitative estimate of drug-likeness (QED) is 0.107. The Balaban J connectivity index is 1.42. The van der Waals surface area contributed by atoms with Crippen LogP contribution in [-0.2, 0) is 33.4 Å². The van der Waals surface area contributed by atoms with Crippen molar-refractivity contribution in [3.8, 4) is 5.69 Å². The second-order valence-corrected chi connectivity index (χ2v) is 15.2. The summed E-state index contributed by atoms with van der Waals surface area (Å²) in [7, 11) is 1.23. The molecule has 16 heteroatoms. The molecule has 300 valence electrons. The summed E-state index contributed by atoms with van der Waals surface area (Å²) in [6.45, 7) is 12.9. The number of halogens is 4. The first-order valence-corrected chi connectivity index (χ1v) is 19.1. The van der Waals surface area contributed by atoms with Crippen molar-refractivity contribution in [2.75, 3.05) is 12.4 Å². The molecule has 2 aromatic carbocycles. The van der Waals surface area contributed by atoms with Gasteiger partial charge in [-0.1, -0.05) is 48.8 Å². The minimum atomic E-state index is -4.55. The molecule has 3 aromatic rings. The Kier molecular flexibility index (Phi) is 12.8. The number of ether oxygens (including phenoxy) is 2. The smallest absolute Gasteiger partial charge is 0.419 e. The van der Waals surface area contributed by atoms with Crippen molar-refractivity contribution in [2.24, 2.45) is 11.7 Å². The van der Waals surface area contributed by atoms with Gasteiger partial charge in [0.25, 0.3) is 11.5 Å². The summed E-state index contributed by atoms with van der Waals surface area (Å²) >= 11 is 3.05. The summed E-state index contributed by atoms with van der Waals surface area (Å²) in [6, 6.07) is 8.78. The molecule has 1 aliphatic carbocycles. The summed E-state index contributed by atoms with van der Waals surface area (Å²) in [4.78, 5) is 60.5. The number of amides is 2. The maximum atomic E-state index is 14.4. The highest BCUT2D eigenvalue weighted by molar-refractivity contribution is 9.10. The molecule has 1 saturated carbocycles. The third-order valence-electron chi connectivity index (χ3n) is 9.75. The van der Waals surface area contributed by atoms with Crippen molar-refractivity contribution < 1.29 is 37.0 Å². The number of imide groups is 1. The highest BCUT2D eigenvalue weighted by atomic mass is 79.9. The first kappa shape index (κ1) is 42.2. The Morgan fingerprint density at radius 1 is 1.11 bits per heavy atom. The third kappa shape index (κ3) is 9.18. The zero-order chi connectivity index (χ0) is 41.2. The maximum Gasteiger partial charge on any atom is 0.419 e. The lowest BCUT2D eigenvalue weighted by Gasteiger charge is -2.38. The number of nitrogens with one attached hydrogen (secondary N) is 1. The molecule has 2 amide bonds. The lowest BCUT2D eigenvalue weighted by Crippen LogP contribution is -2.42. The molecule has 0 radical (unpaired) electrons. The Morgan fingerprint density at radius 2 is 1.75 bits per heavy atom. The van der Waals surface area contributed by atoms with Crippen LogP contribution in [-0.4, -0.2) is 68.8 Å². The van der Waals surface area contributed by atoms with E-state index in [1.807, 2.05) is 18.7 Å². The average Bonchev–Trinajstić information content (AvgIpc) is 4.00. The predicted molar refractivity (Wildman–Crippen MR) is 209 cm³/mol. The Bertz CT molecular complexity index is 2090. The molecule has 5 rings (SSSR count). The van der Waals surface area contributed by atoms with Crippen LogP contribution in [0, 0.1) is 5.92 Å². The van der Waals surface area contributed by atoms with E-state index in [4.69, 9.17) is 20.2 Å². The molecule has 0 spiro atoms. The van der Waals surface area contributed by atoms with Gasteiger partial charge in [-0.3, -0.25) is 14.4 Å². The van der Waals surface area contributed by atoms with Crippen LogP contribution in [0.15, 0.2) is 70.0 Å². The fraction of sp³-hybridized carbons (Fsp3) is 0.425. The first-order valence-electron chi connectivity index (χ1n) is 18.3. The van der Waals surface area contributed by atoms with Gasteiger partial charge in [0.05, 0.1) is 23.5 Å². The topological polar surface area (TPSA) is 149 Å². The standard InChI is InChI=1S/C40H46BrF3N6O6/c1-8-22(5)46-38-47-31-20-49(34(24-10-11-24)26-14-17-30(41)29(19-26)40(42,43)44)23(6)18-28(31)36(52)50(38)27-15-12-25(13-16-27)35(51)48(7)39(54)56-32(9-2)55-37(53)33(45)21(3)4/h8,12-17,19,21-23,32-33H,1,9-11,18,20,45H2,2-7H3,(H,46,47)/t22-,23+,32-,33-/m0/s1. The number of carbonyl (C=O) groups excluding carboxylic acids is 3. The lowest BCUT2D eigenvalue weighted by atomic mass is 9.96. The molecule has 1 aromatic heterocycles. The normalized spacial score (nSPS) is 16.7. The van der Waals surface area contributed by atoms with Crippen LogP contribution in [0.4, 0.5) is 23.9 Å². The van der Waals surface area contributed by atoms with Gasteiger partial charge >= 0.3 is 18.2 Å². The van der Waals surface area contributed by atoms with Crippen molar-refractivity contribution in [1.29, 1.82) is 0 Å². The van der Waals surface area contributed by atoms with Gasteiger partial charge in [-0.05, 0) is 86.6 Å². The summed E-state index contributed by atoms with van der Waals surface area (Å²) in [5.41, 5.74) is 8.38. The van der Waals surface area contributed by atoms with E-state index >= 15 is 0 Å². The van der Waals surface area contributed by atoms with Crippen molar-refractivity contribution >= 4 is 45.5 Å². The molecule has 4 atom stereocenters. The maximum absolute atomic E-state index is 14.4. The van der Waals surface area contributed by atoms with Crippen LogP contribution >= 0.6 is 15.9 Å². The highest BCUT2D eigenvalue weighted by Crippen LogP contribution is 2.44. The molecule has 3 N–H and O–H groups in total. The van der Waals surface area contributed by atoms with Gasteiger partial charge in [0, 0.05) is 46.8 Å². The van der Waals surface area contributed by atoms with Gasteiger partial charge in [-0.25, -0.2) is 19.2 Å². The summed E-state index contributed by atoms with van der Waals surface area (Å²) in [5, 5.41) is 3.22. The van der Waals surface area contributed by atoms with E-state index < -0.39 is 42.0 Å². The van der Waals surface area contributed by atoms with Gasteiger partial charge in [-0.2, -0.15) is 13.2 Å². The monoisotopic (exact) mass is 842 g/mol. The van der Waals surface area contributed by atoms with E-state index in [1.54, 1.807) is 45.0 Å². The second-order valence-electron chi connectivity index (χ2n) is 14.3. The molecular weight excluding hydrogens is 797 g/mol. The highest BCUT2D eigenvalue weighted by Gasteiger charge is 2.37. The first-order chi connectivity index (χ1) is 26.4. The Morgan fingerprint density at radius 3 is 2.32 bits per heavy atom. The summed E-state index contributed by atoms with van der Waals surface area (Å²) in [5.74, 6) is -1.44. The molecule has 1 aliphatic heterocycles. The lowest BCUT2D eigenvalue weighted by molar-refractivity contribution is -0.171. The van der Waals surface area contributed by atoms with E-state index in [0.29, 0.717) is 22.5 Å². The molecule has 56 heavy (non-hydrogen) atoms. The number of hydrogen-bond acceptors (Lipinski definition) is 10. The van der Waals surface area contributed by atoms with Crippen LogP contribution in [0.5, 0.6) is 0 Å². The van der Waals surface area contributed by atoms with Gasteiger partial charge in [-0.15, -0.1) is 6.58 Å². The van der Waals surface area contributed by atoms with Crippen LogP contribution in [0.25, 0.3) is 11.4 Å². The van der Waals surface area contributed by atoms with Crippen molar-refractivity contribution in [1.82, 2.24) is 19.4 Å². The minimum Gasteiger partial charge on any atom is -0.424 e. The Hall–Kier alpha value is -4.96. The number of benzene rings is 2.